The number of hydrogen-bond acceptors (Lipinski definition) is 9. The zero-order chi connectivity index (χ0) is 22.7. The van der Waals surface area contributed by atoms with Crippen LogP contribution < -0.4 is 15.8 Å². The van der Waals surface area contributed by atoms with E-state index in [2.05, 4.69) is 25.3 Å². The van der Waals surface area contributed by atoms with Crippen LogP contribution in [0.5, 0.6) is 17.2 Å². The first kappa shape index (κ1) is 21.2. The molecular formula is C21H20N6O4S. The van der Waals surface area contributed by atoms with E-state index in [1.807, 2.05) is 0 Å². The van der Waals surface area contributed by atoms with E-state index in [0.717, 1.165) is 5.56 Å². The highest BCUT2D eigenvalue weighted by molar-refractivity contribution is 8.00. The van der Waals surface area contributed by atoms with Crippen molar-refractivity contribution in [1.82, 2.24) is 19.9 Å². The highest BCUT2D eigenvalue weighted by atomic mass is 32.2. The van der Waals surface area contributed by atoms with E-state index in [4.69, 9.17) is 10.5 Å². The lowest BCUT2D eigenvalue weighted by atomic mass is 10.1. The summed E-state index contributed by atoms with van der Waals surface area (Å²) in [6.45, 7) is 0. The Balaban J connectivity index is 1.64. The van der Waals surface area contributed by atoms with Crippen molar-refractivity contribution in [3.63, 3.8) is 0 Å². The highest BCUT2D eigenvalue weighted by Gasteiger charge is 2.24. The Morgan fingerprint density at radius 3 is 2.75 bits per heavy atom. The maximum Gasteiger partial charge on any atom is 0.238 e. The number of anilines is 2. The zero-order valence-corrected chi connectivity index (χ0v) is 17.8. The van der Waals surface area contributed by atoms with E-state index in [1.165, 1.54) is 37.3 Å². The Labute approximate surface area is 186 Å². The van der Waals surface area contributed by atoms with E-state index >= 15 is 0 Å². The number of nitrogens with two attached hydrogens (primary N) is 1. The second-order valence-electron chi connectivity index (χ2n) is 6.84. The average molecular weight is 452 g/mol. The lowest BCUT2D eigenvalue weighted by Crippen LogP contribution is -2.27. The molecule has 0 spiro atoms. The van der Waals surface area contributed by atoms with E-state index < -0.39 is 5.25 Å². The van der Waals surface area contributed by atoms with Gasteiger partial charge in [-0.3, -0.25) is 4.79 Å². The molecule has 0 aliphatic heterocycles. The van der Waals surface area contributed by atoms with Gasteiger partial charge in [-0.25, -0.2) is 9.97 Å². The van der Waals surface area contributed by atoms with E-state index in [0.29, 0.717) is 28.3 Å². The van der Waals surface area contributed by atoms with Crippen LogP contribution in [0.15, 0.2) is 53.8 Å². The number of carbonyl (C=O) groups is 1. The molecule has 2 aromatic heterocycles. The fraction of sp³-hybridized carbons (Fsp3) is 0.143. The normalized spacial score (nSPS) is 11.9. The highest BCUT2D eigenvalue weighted by Crippen LogP contribution is 2.32. The number of carbonyl (C=O) groups excluding carboxylic acids is 1. The molecule has 2 heterocycles. The summed E-state index contributed by atoms with van der Waals surface area (Å²) >= 11 is 1.22. The zero-order valence-electron chi connectivity index (χ0n) is 16.9. The fourth-order valence-corrected chi connectivity index (χ4v) is 4.18. The standard InChI is InChI=1S/C21H20N6O4S/c1-31-15-9-12(4-7-14(15)29)25-19(30)16(8-11-2-5-13(28)6-3-11)32-20-17-18(24-10-23-17)26-21(22)27-20/h2-7,9-10,16,28-29H,8H2,1H3,(H,25,30)(H3,22,23,24,26,27)/t16-/m1/s1. The summed E-state index contributed by atoms with van der Waals surface area (Å²) in [6.07, 6.45) is 1.84. The smallest absolute Gasteiger partial charge is 0.238 e. The number of nitrogens with one attached hydrogen (secondary N) is 2. The van der Waals surface area contributed by atoms with E-state index in [-0.39, 0.29) is 29.1 Å². The Morgan fingerprint density at radius 1 is 1.22 bits per heavy atom. The van der Waals surface area contributed by atoms with E-state index in [9.17, 15) is 15.0 Å². The first-order valence-electron chi connectivity index (χ1n) is 9.52. The van der Waals surface area contributed by atoms with Crippen LogP contribution in [0.4, 0.5) is 11.6 Å². The number of aromatic amines is 1. The number of aromatic hydroxyl groups is 2. The van der Waals surface area contributed by atoms with Crippen molar-refractivity contribution in [2.45, 2.75) is 16.7 Å². The summed E-state index contributed by atoms with van der Waals surface area (Å²) in [5, 5.41) is 22.1. The molecule has 1 atom stereocenters. The summed E-state index contributed by atoms with van der Waals surface area (Å²) in [6, 6.07) is 11.2. The largest absolute Gasteiger partial charge is 0.508 e. The summed E-state index contributed by atoms with van der Waals surface area (Å²) in [4.78, 5) is 28.7. The number of imidazole rings is 1. The minimum Gasteiger partial charge on any atom is -0.508 e. The maximum atomic E-state index is 13.2. The van der Waals surface area contributed by atoms with Crippen molar-refractivity contribution in [3.8, 4) is 17.2 Å². The van der Waals surface area contributed by atoms with Gasteiger partial charge in [0.1, 0.15) is 16.3 Å². The second-order valence-corrected chi connectivity index (χ2v) is 8.03. The minimum atomic E-state index is -0.611. The first-order chi connectivity index (χ1) is 15.4. The van der Waals surface area contributed by atoms with Crippen LogP contribution in [0, 0.1) is 0 Å². The third kappa shape index (κ3) is 4.67. The van der Waals surface area contributed by atoms with Crippen molar-refractivity contribution in [1.29, 1.82) is 0 Å². The third-order valence-corrected chi connectivity index (χ3v) is 5.80. The predicted octanol–water partition coefficient (Wildman–Crippen LogP) is 2.70. The summed E-state index contributed by atoms with van der Waals surface area (Å²) in [5.41, 5.74) is 8.13. The van der Waals surface area contributed by atoms with Gasteiger partial charge in [-0.05, 0) is 36.2 Å². The number of H-pyrrole nitrogens is 1. The second kappa shape index (κ2) is 9.02. The molecule has 0 aliphatic rings. The van der Waals surface area contributed by atoms with Gasteiger partial charge >= 0.3 is 0 Å². The van der Waals surface area contributed by atoms with Crippen molar-refractivity contribution in [3.05, 3.63) is 54.4 Å². The molecule has 164 valence electrons. The van der Waals surface area contributed by atoms with Crippen LogP contribution in [0.1, 0.15) is 5.56 Å². The van der Waals surface area contributed by atoms with Gasteiger partial charge in [-0.1, -0.05) is 23.9 Å². The van der Waals surface area contributed by atoms with Crippen molar-refractivity contribution in [2.24, 2.45) is 0 Å². The summed E-state index contributed by atoms with van der Waals surface area (Å²) < 4.78 is 5.11. The molecule has 0 saturated heterocycles. The molecule has 0 fully saturated rings. The van der Waals surface area contributed by atoms with Gasteiger partial charge in [0.25, 0.3) is 0 Å². The molecule has 0 radical (unpaired) electrons. The number of hydrogen-bond donors (Lipinski definition) is 5. The molecule has 0 bridgehead atoms. The quantitative estimate of drug-likeness (QED) is 0.161. The maximum absolute atomic E-state index is 13.2. The van der Waals surface area contributed by atoms with Gasteiger partial charge in [0.05, 0.1) is 18.7 Å². The van der Waals surface area contributed by atoms with Crippen LogP contribution >= 0.6 is 11.8 Å². The fourth-order valence-electron chi connectivity index (χ4n) is 3.05. The Kier molecular flexibility index (Phi) is 5.99. The third-order valence-electron chi connectivity index (χ3n) is 4.62. The van der Waals surface area contributed by atoms with Gasteiger partial charge in [-0.2, -0.15) is 4.98 Å². The SMILES string of the molecule is COc1cc(NC(=O)[C@@H](Cc2ccc(O)cc2)Sc2nc(N)nc3nc[nH]c23)ccc1O. The molecule has 32 heavy (non-hydrogen) atoms. The Bertz CT molecular complexity index is 1260. The molecule has 6 N–H and O–H groups in total. The minimum absolute atomic E-state index is 0.0291. The molecule has 11 heteroatoms. The molecule has 4 rings (SSSR count). The lowest BCUT2D eigenvalue weighted by molar-refractivity contribution is -0.115. The number of ether oxygens (including phenoxy) is 1. The van der Waals surface area contributed by atoms with Crippen LogP contribution in [-0.2, 0) is 11.2 Å². The molecule has 2 aromatic carbocycles. The predicted molar refractivity (Wildman–Crippen MR) is 121 cm³/mol. The number of nitrogens with zero attached hydrogens (tertiary/aromatic N) is 3. The monoisotopic (exact) mass is 452 g/mol. The van der Waals surface area contributed by atoms with Gasteiger partial charge in [0.15, 0.2) is 17.1 Å². The molecule has 0 unspecified atom stereocenters. The van der Waals surface area contributed by atoms with Crippen LogP contribution in [0.25, 0.3) is 11.2 Å². The van der Waals surface area contributed by atoms with Crippen LogP contribution in [0.2, 0.25) is 0 Å². The van der Waals surface area contributed by atoms with Crippen LogP contribution in [-0.4, -0.2) is 48.4 Å². The number of benzene rings is 2. The number of fused-ring (bicyclic) bond motifs is 1. The number of nitrogen functional groups attached to an aromatic ring is 1. The number of thioether (sulfide) groups is 1. The number of phenolic OH excluding ortho intramolecular Hbond substituents is 2. The van der Waals surface area contributed by atoms with Crippen molar-refractivity contribution >= 4 is 40.5 Å². The van der Waals surface area contributed by atoms with E-state index in [1.54, 1.807) is 30.3 Å². The number of rotatable bonds is 7. The molecule has 0 saturated carbocycles. The number of amides is 1. The lowest BCUT2D eigenvalue weighted by Gasteiger charge is -2.17. The number of aromatic nitrogens is 4. The number of methoxy groups -OCH3 is 1. The van der Waals surface area contributed by atoms with Crippen LogP contribution in [0.3, 0.4) is 0 Å². The molecule has 1 amide bonds. The van der Waals surface area contributed by atoms with Crippen molar-refractivity contribution in [2.75, 3.05) is 18.2 Å². The molecule has 10 nitrogen and oxygen atoms in total. The summed E-state index contributed by atoms with van der Waals surface area (Å²) in [5.74, 6) is 0.119. The van der Waals surface area contributed by atoms with Crippen molar-refractivity contribution < 1.29 is 19.7 Å². The topological polar surface area (TPSA) is 159 Å². The molecule has 4 aromatic rings. The van der Waals surface area contributed by atoms with Gasteiger partial charge in [0, 0.05) is 11.8 Å². The average Bonchev–Trinajstić information content (AvgIpc) is 3.24. The van der Waals surface area contributed by atoms with Gasteiger partial charge < -0.3 is 31.0 Å². The van der Waals surface area contributed by atoms with Gasteiger partial charge in [0.2, 0.25) is 11.9 Å². The molecular weight excluding hydrogens is 432 g/mol. The van der Waals surface area contributed by atoms with Gasteiger partial charge in [-0.15, -0.1) is 0 Å². The summed E-state index contributed by atoms with van der Waals surface area (Å²) in [7, 11) is 1.43. The Morgan fingerprint density at radius 2 is 2.00 bits per heavy atom. The number of phenols is 2. The first-order valence-corrected chi connectivity index (χ1v) is 10.4. The Hall–Kier alpha value is -3.99. The molecule has 0 aliphatic carbocycles.